The van der Waals surface area contributed by atoms with Gasteiger partial charge in [0, 0.05) is 21.7 Å². The number of rotatable bonds is 3. The molecule has 78 valence electrons. The van der Waals surface area contributed by atoms with Crippen molar-refractivity contribution in [2.45, 2.75) is 31.8 Å². The van der Waals surface area contributed by atoms with E-state index < -0.39 is 0 Å². The molecule has 1 aromatic carbocycles. The van der Waals surface area contributed by atoms with Crippen molar-refractivity contribution in [3.8, 4) is 0 Å². The number of benzene rings is 1. The summed E-state index contributed by atoms with van der Waals surface area (Å²) in [5.74, 6) is 0. The minimum absolute atomic E-state index is 0.509. The van der Waals surface area contributed by atoms with Crippen molar-refractivity contribution in [2.24, 2.45) is 0 Å². The van der Waals surface area contributed by atoms with E-state index in [4.69, 9.17) is 0 Å². The Morgan fingerprint density at radius 3 is 2.87 bits per heavy atom. The third-order valence-electron chi connectivity index (χ3n) is 2.93. The second kappa shape index (κ2) is 3.62. The summed E-state index contributed by atoms with van der Waals surface area (Å²) in [6, 6.07) is 12.2. The van der Waals surface area contributed by atoms with Crippen LogP contribution in [-0.4, -0.2) is 6.04 Å². The standard InChI is InChI=1S/C13H15NS/c1-9(14-11-6-7-11)13-8-10-4-2-3-5-12(10)15-13/h2-5,8-9,11,14H,6-7H2,1H3/t9-/m1/s1. The Morgan fingerprint density at radius 1 is 1.33 bits per heavy atom. The summed E-state index contributed by atoms with van der Waals surface area (Å²) in [5, 5.41) is 5.02. The summed E-state index contributed by atoms with van der Waals surface area (Å²) >= 11 is 1.91. The van der Waals surface area contributed by atoms with Crippen LogP contribution >= 0.6 is 11.3 Å². The predicted octanol–water partition coefficient (Wildman–Crippen LogP) is 3.71. The first-order valence-corrected chi connectivity index (χ1v) is 6.39. The van der Waals surface area contributed by atoms with Gasteiger partial charge < -0.3 is 5.32 Å². The minimum atomic E-state index is 0.509. The Hall–Kier alpha value is -0.860. The second-order valence-electron chi connectivity index (χ2n) is 4.35. The first-order chi connectivity index (χ1) is 7.33. The van der Waals surface area contributed by atoms with Crippen LogP contribution in [0.15, 0.2) is 30.3 Å². The summed E-state index contributed by atoms with van der Waals surface area (Å²) in [6.07, 6.45) is 2.71. The van der Waals surface area contributed by atoms with Crippen LogP contribution in [0.25, 0.3) is 10.1 Å². The number of thiophene rings is 1. The Balaban J connectivity index is 1.89. The predicted molar refractivity (Wildman–Crippen MR) is 66.4 cm³/mol. The molecule has 0 unspecified atom stereocenters. The molecular formula is C13H15NS. The maximum atomic E-state index is 3.64. The van der Waals surface area contributed by atoms with Crippen molar-refractivity contribution < 1.29 is 0 Å². The molecule has 2 aromatic rings. The maximum Gasteiger partial charge on any atom is 0.0388 e. The Bertz CT molecular complexity index is 437. The largest absolute Gasteiger partial charge is 0.307 e. The highest BCUT2D eigenvalue weighted by Crippen LogP contribution is 2.31. The van der Waals surface area contributed by atoms with Crippen LogP contribution in [0.2, 0.25) is 0 Å². The third kappa shape index (κ3) is 1.92. The number of hydrogen-bond donors (Lipinski definition) is 1. The lowest BCUT2D eigenvalue weighted by molar-refractivity contribution is 0.579. The number of hydrogen-bond acceptors (Lipinski definition) is 2. The van der Waals surface area contributed by atoms with E-state index in [-0.39, 0.29) is 0 Å². The highest BCUT2D eigenvalue weighted by Gasteiger charge is 2.23. The molecule has 1 saturated carbocycles. The summed E-state index contributed by atoms with van der Waals surface area (Å²) in [7, 11) is 0. The molecule has 1 aliphatic rings. The van der Waals surface area contributed by atoms with Gasteiger partial charge in [0.05, 0.1) is 0 Å². The van der Waals surface area contributed by atoms with Gasteiger partial charge in [0.1, 0.15) is 0 Å². The first-order valence-electron chi connectivity index (χ1n) is 5.57. The lowest BCUT2D eigenvalue weighted by Crippen LogP contribution is -2.19. The first kappa shape index (κ1) is 9.37. The van der Waals surface area contributed by atoms with Crippen LogP contribution in [0.3, 0.4) is 0 Å². The van der Waals surface area contributed by atoms with Gasteiger partial charge in [-0.3, -0.25) is 0 Å². The molecule has 0 radical (unpaired) electrons. The molecule has 15 heavy (non-hydrogen) atoms. The highest BCUT2D eigenvalue weighted by atomic mass is 32.1. The number of fused-ring (bicyclic) bond motifs is 1. The normalized spacial score (nSPS) is 18.2. The van der Waals surface area contributed by atoms with Gasteiger partial charge in [-0.15, -0.1) is 11.3 Å². The lowest BCUT2D eigenvalue weighted by Gasteiger charge is -2.10. The van der Waals surface area contributed by atoms with Gasteiger partial charge in [-0.05, 0) is 37.3 Å². The molecule has 1 N–H and O–H groups in total. The van der Waals surface area contributed by atoms with E-state index in [1.807, 2.05) is 11.3 Å². The van der Waals surface area contributed by atoms with Crippen LogP contribution in [0.5, 0.6) is 0 Å². The number of nitrogens with one attached hydrogen (secondary N) is 1. The van der Waals surface area contributed by atoms with E-state index in [1.54, 1.807) is 0 Å². The molecule has 0 aliphatic heterocycles. The van der Waals surface area contributed by atoms with E-state index in [0.717, 1.165) is 6.04 Å². The molecule has 0 bridgehead atoms. The maximum absolute atomic E-state index is 3.64. The molecule has 0 amide bonds. The van der Waals surface area contributed by atoms with E-state index >= 15 is 0 Å². The highest BCUT2D eigenvalue weighted by molar-refractivity contribution is 7.19. The molecule has 1 nitrogen and oxygen atoms in total. The summed E-state index contributed by atoms with van der Waals surface area (Å²) in [5.41, 5.74) is 0. The zero-order chi connectivity index (χ0) is 10.3. The summed E-state index contributed by atoms with van der Waals surface area (Å²) in [4.78, 5) is 1.46. The van der Waals surface area contributed by atoms with Crippen LogP contribution in [0.1, 0.15) is 30.7 Å². The molecule has 1 aliphatic carbocycles. The average molecular weight is 217 g/mol. The summed E-state index contributed by atoms with van der Waals surface area (Å²) in [6.45, 7) is 2.27. The molecule has 2 heteroatoms. The molecule has 1 fully saturated rings. The topological polar surface area (TPSA) is 12.0 Å². The fourth-order valence-electron chi connectivity index (χ4n) is 1.90. The van der Waals surface area contributed by atoms with Crippen molar-refractivity contribution in [1.29, 1.82) is 0 Å². The fraction of sp³-hybridized carbons (Fsp3) is 0.385. The smallest absolute Gasteiger partial charge is 0.0388 e. The molecule has 0 saturated heterocycles. The average Bonchev–Trinajstić information content (AvgIpc) is 2.95. The Labute approximate surface area is 94.1 Å². The van der Waals surface area contributed by atoms with Crippen LogP contribution in [0.4, 0.5) is 0 Å². The van der Waals surface area contributed by atoms with E-state index in [1.165, 1.54) is 27.8 Å². The SMILES string of the molecule is C[C@@H](NC1CC1)c1cc2ccccc2s1. The van der Waals surface area contributed by atoms with Gasteiger partial charge in [0.2, 0.25) is 0 Å². The summed E-state index contributed by atoms with van der Waals surface area (Å²) < 4.78 is 1.40. The molecule has 0 spiro atoms. The van der Waals surface area contributed by atoms with Crippen molar-refractivity contribution >= 4 is 21.4 Å². The van der Waals surface area contributed by atoms with E-state index in [2.05, 4.69) is 42.6 Å². The molecular weight excluding hydrogens is 202 g/mol. The van der Waals surface area contributed by atoms with Crippen molar-refractivity contribution in [3.63, 3.8) is 0 Å². The van der Waals surface area contributed by atoms with Gasteiger partial charge in [0.25, 0.3) is 0 Å². The van der Waals surface area contributed by atoms with Gasteiger partial charge in [0.15, 0.2) is 0 Å². The van der Waals surface area contributed by atoms with Crippen LogP contribution < -0.4 is 5.32 Å². The van der Waals surface area contributed by atoms with Gasteiger partial charge in [-0.1, -0.05) is 18.2 Å². The monoisotopic (exact) mass is 217 g/mol. The minimum Gasteiger partial charge on any atom is -0.307 e. The molecule has 1 atom stereocenters. The molecule has 1 heterocycles. The lowest BCUT2D eigenvalue weighted by atomic mass is 10.2. The fourth-order valence-corrected chi connectivity index (χ4v) is 2.98. The van der Waals surface area contributed by atoms with Gasteiger partial charge in [-0.25, -0.2) is 0 Å². The second-order valence-corrected chi connectivity index (χ2v) is 5.46. The Morgan fingerprint density at radius 2 is 2.13 bits per heavy atom. The Kier molecular flexibility index (Phi) is 2.26. The zero-order valence-corrected chi connectivity index (χ0v) is 9.68. The van der Waals surface area contributed by atoms with Crippen molar-refractivity contribution in [1.82, 2.24) is 5.32 Å². The van der Waals surface area contributed by atoms with Crippen molar-refractivity contribution in [2.75, 3.05) is 0 Å². The van der Waals surface area contributed by atoms with Crippen LogP contribution in [-0.2, 0) is 0 Å². The van der Waals surface area contributed by atoms with Gasteiger partial charge >= 0.3 is 0 Å². The van der Waals surface area contributed by atoms with Crippen LogP contribution in [0, 0.1) is 0 Å². The van der Waals surface area contributed by atoms with E-state index in [0.29, 0.717) is 6.04 Å². The van der Waals surface area contributed by atoms with E-state index in [9.17, 15) is 0 Å². The molecule has 3 rings (SSSR count). The quantitative estimate of drug-likeness (QED) is 0.826. The zero-order valence-electron chi connectivity index (χ0n) is 8.86. The van der Waals surface area contributed by atoms with Gasteiger partial charge in [-0.2, -0.15) is 0 Å². The molecule has 1 aromatic heterocycles. The van der Waals surface area contributed by atoms with Crippen molar-refractivity contribution in [3.05, 3.63) is 35.2 Å². The third-order valence-corrected chi connectivity index (χ3v) is 4.23.